The molecule has 3 rings (SSSR count). The fourth-order valence-electron chi connectivity index (χ4n) is 4.27. The Kier molecular flexibility index (Phi) is 9.66. The molecule has 0 fully saturated rings. The maximum atomic E-state index is 13.4. The Labute approximate surface area is 214 Å². The first-order valence-electron chi connectivity index (χ1n) is 12.4. The van der Waals surface area contributed by atoms with Gasteiger partial charge in [0.2, 0.25) is 0 Å². The Bertz CT molecular complexity index is 1020. The third-order valence-corrected chi connectivity index (χ3v) is 6.34. The van der Waals surface area contributed by atoms with Crippen molar-refractivity contribution in [1.29, 1.82) is 0 Å². The van der Waals surface area contributed by atoms with Gasteiger partial charge in [-0.1, -0.05) is 13.0 Å². The molecule has 0 spiro atoms. The number of likely N-dealkylation sites (N-methyl/N-ethyl adjacent to an activating group) is 1. The van der Waals surface area contributed by atoms with Crippen molar-refractivity contribution in [3.63, 3.8) is 0 Å². The molecule has 36 heavy (non-hydrogen) atoms. The van der Waals surface area contributed by atoms with Crippen LogP contribution < -0.4 is 15.4 Å². The zero-order chi connectivity index (χ0) is 26.2. The number of carbonyl (C=O) groups excluding carboxylic acids is 2. The second-order valence-electron chi connectivity index (χ2n) is 9.81. The van der Waals surface area contributed by atoms with Crippen molar-refractivity contribution >= 4 is 17.6 Å². The minimum Gasteiger partial charge on any atom is -0.491 e. The zero-order valence-corrected chi connectivity index (χ0v) is 22.2. The summed E-state index contributed by atoms with van der Waals surface area (Å²) in [5.74, 6) is 0.443. The summed E-state index contributed by atoms with van der Waals surface area (Å²) in [5, 5.41) is 5.62. The molecule has 1 aromatic carbocycles. The number of aromatic nitrogens is 1. The second kappa shape index (κ2) is 12.7. The minimum absolute atomic E-state index is 0.00261. The van der Waals surface area contributed by atoms with E-state index in [0.29, 0.717) is 36.7 Å². The molecule has 196 valence electrons. The van der Waals surface area contributed by atoms with Crippen LogP contribution in [0.3, 0.4) is 0 Å². The number of hydrogen-bond donors (Lipinski definition) is 2. The van der Waals surface area contributed by atoms with E-state index >= 15 is 0 Å². The average molecular weight is 498 g/mol. The first kappa shape index (κ1) is 27.4. The first-order valence-corrected chi connectivity index (χ1v) is 12.4. The lowest BCUT2D eigenvalue weighted by atomic mass is 10.0. The highest BCUT2D eigenvalue weighted by Crippen LogP contribution is 2.27. The molecule has 9 heteroatoms. The number of rotatable bonds is 5. The fraction of sp³-hybridized carbons (Fsp3) is 0.519. The topological polar surface area (TPSA) is 96.0 Å². The number of urea groups is 1. The predicted molar refractivity (Wildman–Crippen MR) is 140 cm³/mol. The summed E-state index contributed by atoms with van der Waals surface area (Å²) in [6.45, 7) is 10.3. The molecular formula is C27H39N5O4. The number of pyridine rings is 1. The lowest BCUT2D eigenvalue weighted by molar-refractivity contribution is 0.00901. The predicted octanol–water partition coefficient (Wildman–Crippen LogP) is 3.62. The molecule has 9 nitrogen and oxygen atoms in total. The Morgan fingerprint density at radius 3 is 2.67 bits per heavy atom. The quantitative estimate of drug-likeness (QED) is 0.655. The van der Waals surface area contributed by atoms with Gasteiger partial charge in [-0.25, -0.2) is 4.79 Å². The summed E-state index contributed by atoms with van der Waals surface area (Å²) >= 11 is 0. The van der Waals surface area contributed by atoms with Gasteiger partial charge < -0.3 is 25.0 Å². The van der Waals surface area contributed by atoms with Crippen molar-refractivity contribution in [3.8, 4) is 5.75 Å². The van der Waals surface area contributed by atoms with Crippen LogP contribution in [0.2, 0.25) is 0 Å². The number of amides is 3. The molecular weight excluding hydrogens is 458 g/mol. The smallest absolute Gasteiger partial charge is 0.319 e. The highest BCUT2D eigenvalue weighted by atomic mass is 16.5. The highest BCUT2D eigenvalue weighted by Gasteiger charge is 2.28. The number of nitrogens with one attached hydrogen (secondary N) is 2. The summed E-state index contributed by atoms with van der Waals surface area (Å²) in [5.41, 5.74) is 1.97. The van der Waals surface area contributed by atoms with Gasteiger partial charge in [0.05, 0.1) is 17.4 Å². The highest BCUT2D eigenvalue weighted by molar-refractivity contribution is 5.98. The lowest BCUT2D eigenvalue weighted by Crippen LogP contribution is -2.46. The number of anilines is 1. The standard InChI is InChI=1S/C27H39N5O4/c1-18(2)29-27(34)30-21-10-11-23-24(13-21)36-17-20(4)32(15-22-9-7-8-12-28-22)14-19(3)25(35-6)16-31(5)26(23)33/h7-13,18-20,25H,14-17H2,1-6H3,(H2,29,30,34)/t19-,20-,25-/m1/s1. The van der Waals surface area contributed by atoms with Crippen molar-refractivity contribution in [1.82, 2.24) is 20.1 Å². The maximum Gasteiger partial charge on any atom is 0.319 e. The van der Waals surface area contributed by atoms with Crippen LogP contribution in [-0.2, 0) is 11.3 Å². The summed E-state index contributed by atoms with van der Waals surface area (Å²) in [6.07, 6.45) is 1.66. The number of ether oxygens (including phenoxy) is 2. The molecule has 0 radical (unpaired) electrons. The zero-order valence-electron chi connectivity index (χ0n) is 22.2. The van der Waals surface area contributed by atoms with Gasteiger partial charge in [-0.3, -0.25) is 14.7 Å². The summed E-state index contributed by atoms with van der Waals surface area (Å²) in [6, 6.07) is 10.8. The van der Waals surface area contributed by atoms with Crippen LogP contribution in [0.25, 0.3) is 0 Å². The monoisotopic (exact) mass is 497 g/mol. The van der Waals surface area contributed by atoms with Gasteiger partial charge in [0.1, 0.15) is 12.4 Å². The molecule has 3 atom stereocenters. The molecule has 1 aliphatic heterocycles. The van der Waals surface area contributed by atoms with Crippen molar-refractivity contribution in [3.05, 3.63) is 53.9 Å². The van der Waals surface area contributed by atoms with Gasteiger partial charge in [0.15, 0.2) is 0 Å². The van der Waals surface area contributed by atoms with Crippen molar-refractivity contribution in [2.75, 3.05) is 39.2 Å². The Morgan fingerprint density at radius 1 is 1.22 bits per heavy atom. The molecule has 0 saturated carbocycles. The van der Waals surface area contributed by atoms with Gasteiger partial charge in [0, 0.05) is 63.8 Å². The number of hydrogen-bond acceptors (Lipinski definition) is 6. The van der Waals surface area contributed by atoms with E-state index in [4.69, 9.17) is 9.47 Å². The van der Waals surface area contributed by atoms with Gasteiger partial charge >= 0.3 is 6.03 Å². The summed E-state index contributed by atoms with van der Waals surface area (Å²) < 4.78 is 12.1. The summed E-state index contributed by atoms with van der Waals surface area (Å²) in [4.78, 5) is 34.1. The first-order chi connectivity index (χ1) is 17.2. The fourth-order valence-corrected chi connectivity index (χ4v) is 4.27. The average Bonchev–Trinajstić information content (AvgIpc) is 2.84. The molecule has 1 aromatic heterocycles. The molecule has 0 bridgehead atoms. The van der Waals surface area contributed by atoms with Gasteiger partial charge in [-0.05, 0) is 51.0 Å². The molecule has 2 heterocycles. The number of benzene rings is 1. The van der Waals surface area contributed by atoms with Crippen LogP contribution in [0.4, 0.5) is 10.5 Å². The third kappa shape index (κ3) is 7.41. The van der Waals surface area contributed by atoms with E-state index in [0.717, 1.165) is 12.2 Å². The number of fused-ring (bicyclic) bond motifs is 1. The van der Waals surface area contributed by atoms with Crippen LogP contribution in [-0.4, -0.2) is 78.8 Å². The van der Waals surface area contributed by atoms with Crippen molar-refractivity contribution in [2.24, 2.45) is 5.92 Å². The molecule has 0 unspecified atom stereocenters. The van der Waals surface area contributed by atoms with Gasteiger partial charge in [0.25, 0.3) is 5.91 Å². The summed E-state index contributed by atoms with van der Waals surface area (Å²) in [7, 11) is 3.46. The normalized spacial score (nSPS) is 21.7. The largest absolute Gasteiger partial charge is 0.491 e. The Balaban J connectivity index is 1.91. The van der Waals surface area contributed by atoms with Crippen LogP contribution in [0, 0.1) is 5.92 Å². The SMILES string of the molecule is CO[C@@H]1CN(C)C(=O)c2ccc(NC(=O)NC(C)C)cc2OC[C@@H](C)N(Cc2ccccn2)C[C@H]1C. The van der Waals surface area contributed by atoms with E-state index < -0.39 is 0 Å². The third-order valence-electron chi connectivity index (χ3n) is 6.34. The Morgan fingerprint density at radius 2 is 2.00 bits per heavy atom. The molecule has 2 aromatic rings. The molecule has 2 N–H and O–H groups in total. The van der Waals surface area contributed by atoms with E-state index in [9.17, 15) is 9.59 Å². The van der Waals surface area contributed by atoms with E-state index in [2.05, 4.69) is 34.4 Å². The van der Waals surface area contributed by atoms with Gasteiger partial charge in [-0.2, -0.15) is 0 Å². The van der Waals surface area contributed by atoms with Crippen molar-refractivity contribution in [2.45, 2.75) is 52.4 Å². The van der Waals surface area contributed by atoms with Crippen LogP contribution in [0.1, 0.15) is 43.7 Å². The number of nitrogens with zero attached hydrogens (tertiary/aromatic N) is 3. The second-order valence-corrected chi connectivity index (χ2v) is 9.81. The van der Waals surface area contributed by atoms with Crippen LogP contribution >= 0.6 is 0 Å². The van der Waals surface area contributed by atoms with E-state index in [1.54, 1.807) is 43.5 Å². The molecule has 0 aliphatic carbocycles. The van der Waals surface area contributed by atoms with E-state index in [-0.39, 0.29) is 36.0 Å². The van der Waals surface area contributed by atoms with E-state index in [1.165, 1.54) is 0 Å². The molecule has 0 saturated heterocycles. The number of carbonyl (C=O) groups is 2. The maximum absolute atomic E-state index is 13.4. The van der Waals surface area contributed by atoms with Crippen molar-refractivity contribution < 1.29 is 19.1 Å². The Hall–Kier alpha value is -3.17. The van der Waals surface area contributed by atoms with Crippen LogP contribution in [0.15, 0.2) is 42.6 Å². The molecule has 1 aliphatic rings. The van der Waals surface area contributed by atoms with Crippen LogP contribution in [0.5, 0.6) is 5.75 Å². The minimum atomic E-state index is -0.312. The number of methoxy groups -OCH3 is 1. The van der Waals surface area contributed by atoms with Gasteiger partial charge in [-0.15, -0.1) is 0 Å². The van der Waals surface area contributed by atoms with E-state index in [1.807, 2.05) is 32.0 Å². The molecule has 3 amide bonds. The lowest BCUT2D eigenvalue weighted by Gasteiger charge is -2.35.